The van der Waals surface area contributed by atoms with Gasteiger partial charge in [0.2, 0.25) is 0 Å². The molecule has 0 aliphatic heterocycles. The first-order valence-electron chi connectivity index (χ1n) is 6.35. The van der Waals surface area contributed by atoms with Gasteiger partial charge in [-0.15, -0.1) is 0 Å². The summed E-state index contributed by atoms with van der Waals surface area (Å²) >= 11 is 0. The zero-order valence-electron chi connectivity index (χ0n) is 12.0. The smallest absolute Gasteiger partial charge is 0.361 e. The normalized spacial score (nSPS) is 12.8. The third kappa shape index (κ3) is 12.0. The number of quaternary nitrogens is 1. The molecule has 0 fully saturated rings. The third-order valence-electron chi connectivity index (χ3n) is 2.63. The van der Waals surface area contributed by atoms with E-state index in [-0.39, 0.29) is 18.4 Å². The fourth-order valence-corrected chi connectivity index (χ4v) is 1.54. The van der Waals surface area contributed by atoms with Crippen LogP contribution in [0.25, 0.3) is 0 Å². The largest absolute Gasteiger partial charge is 1.00 e. The van der Waals surface area contributed by atoms with Gasteiger partial charge in [0.25, 0.3) is 0 Å². The summed E-state index contributed by atoms with van der Waals surface area (Å²) in [5, 5.41) is 0. The molecule has 0 radical (unpaired) electrons. The lowest BCUT2D eigenvalue weighted by Gasteiger charge is -2.23. The zero-order valence-corrected chi connectivity index (χ0v) is 12.7. The van der Waals surface area contributed by atoms with Crippen LogP contribution in [-0.4, -0.2) is 44.7 Å². The molecule has 0 N–H and O–H groups in total. The van der Waals surface area contributed by atoms with Gasteiger partial charge in [0.05, 0.1) is 27.7 Å². The molecule has 0 amide bonds. The maximum Gasteiger partial charge on any atom is 0.361 e. The van der Waals surface area contributed by atoms with Gasteiger partial charge >= 0.3 is 5.97 Å². The second-order valence-corrected chi connectivity index (χ2v) is 5.55. The van der Waals surface area contributed by atoms with E-state index in [4.69, 9.17) is 4.74 Å². The molecule has 0 heterocycles. The summed E-state index contributed by atoms with van der Waals surface area (Å²) in [6, 6.07) is 0. The predicted molar refractivity (Wildman–Crippen MR) is 67.2 cm³/mol. The number of esters is 1. The number of hydrogen-bond donors (Lipinski definition) is 0. The van der Waals surface area contributed by atoms with Crippen LogP contribution in [0.1, 0.15) is 39.5 Å². The lowest BCUT2D eigenvalue weighted by atomic mass is 10.0. The quantitative estimate of drug-likeness (QED) is 0.435. The lowest BCUT2D eigenvalue weighted by molar-refractivity contribution is -0.862. The Hall–Kier alpha value is -0.280. The Morgan fingerprint density at radius 1 is 1.24 bits per heavy atom. The Balaban J connectivity index is 0. The molecule has 1 unspecified atom stereocenters. The van der Waals surface area contributed by atoms with Crippen molar-refractivity contribution in [1.29, 1.82) is 0 Å². The van der Waals surface area contributed by atoms with E-state index in [1.54, 1.807) is 0 Å². The molecule has 3 nitrogen and oxygen atoms in total. The van der Waals surface area contributed by atoms with Crippen LogP contribution in [0.5, 0.6) is 0 Å². The van der Waals surface area contributed by atoms with Crippen LogP contribution in [0.2, 0.25) is 0 Å². The molecule has 104 valence electrons. The SMILES string of the molecule is CCCCC(CC)COC(=O)C[N+](C)(C)C.[Cl-]. The van der Waals surface area contributed by atoms with Gasteiger partial charge in [0.1, 0.15) is 0 Å². The lowest BCUT2D eigenvalue weighted by Crippen LogP contribution is -3.00. The van der Waals surface area contributed by atoms with Gasteiger partial charge in [-0.25, -0.2) is 4.79 Å². The van der Waals surface area contributed by atoms with Crippen LogP contribution in [0, 0.1) is 5.92 Å². The minimum Gasteiger partial charge on any atom is -1.00 e. The Morgan fingerprint density at radius 2 is 1.82 bits per heavy atom. The number of carbonyl (C=O) groups excluding carboxylic acids is 1. The number of unbranched alkanes of at least 4 members (excludes halogenated alkanes) is 1. The molecule has 0 bridgehead atoms. The van der Waals surface area contributed by atoms with Crippen molar-refractivity contribution in [2.24, 2.45) is 5.92 Å². The summed E-state index contributed by atoms with van der Waals surface area (Å²) in [5.74, 6) is 0.457. The van der Waals surface area contributed by atoms with Crippen molar-refractivity contribution in [3.05, 3.63) is 0 Å². The third-order valence-corrected chi connectivity index (χ3v) is 2.63. The van der Waals surface area contributed by atoms with Crippen molar-refractivity contribution in [3.63, 3.8) is 0 Å². The molecule has 0 rings (SSSR count). The average molecular weight is 266 g/mol. The maximum absolute atomic E-state index is 11.5. The summed E-state index contributed by atoms with van der Waals surface area (Å²) in [7, 11) is 5.99. The highest BCUT2D eigenvalue weighted by molar-refractivity contribution is 5.70. The number of nitrogens with zero attached hydrogens (tertiary/aromatic N) is 1. The van der Waals surface area contributed by atoms with E-state index in [9.17, 15) is 4.79 Å². The molecule has 4 heteroatoms. The number of halogens is 1. The van der Waals surface area contributed by atoms with Gasteiger partial charge in [-0.1, -0.05) is 33.1 Å². The molecular formula is C13H28ClNO2. The van der Waals surface area contributed by atoms with Crippen molar-refractivity contribution in [2.45, 2.75) is 39.5 Å². The van der Waals surface area contributed by atoms with Crippen LogP contribution in [0.3, 0.4) is 0 Å². The molecule has 0 aliphatic rings. The first-order valence-corrected chi connectivity index (χ1v) is 6.35. The Morgan fingerprint density at radius 3 is 2.24 bits per heavy atom. The minimum atomic E-state index is -0.0811. The number of carbonyl (C=O) groups is 1. The van der Waals surface area contributed by atoms with Crippen LogP contribution >= 0.6 is 0 Å². The van der Waals surface area contributed by atoms with Crippen molar-refractivity contribution in [2.75, 3.05) is 34.3 Å². The highest BCUT2D eigenvalue weighted by atomic mass is 35.5. The predicted octanol–water partition coefficient (Wildman–Crippen LogP) is -0.544. The molecule has 0 spiro atoms. The fourth-order valence-electron chi connectivity index (χ4n) is 1.54. The molecule has 0 saturated carbocycles. The van der Waals surface area contributed by atoms with E-state index < -0.39 is 0 Å². The Labute approximate surface area is 113 Å². The molecule has 0 aromatic heterocycles. The Bertz CT molecular complexity index is 202. The molecule has 0 aliphatic carbocycles. The first kappa shape index (κ1) is 19.1. The van der Waals surface area contributed by atoms with Gasteiger partial charge < -0.3 is 21.6 Å². The maximum atomic E-state index is 11.5. The van der Waals surface area contributed by atoms with Crippen molar-refractivity contribution >= 4 is 5.97 Å². The van der Waals surface area contributed by atoms with Crippen LogP contribution in [-0.2, 0) is 9.53 Å². The van der Waals surface area contributed by atoms with E-state index in [1.807, 2.05) is 21.1 Å². The van der Waals surface area contributed by atoms with Crippen molar-refractivity contribution in [1.82, 2.24) is 0 Å². The molecule has 0 aromatic rings. The zero-order chi connectivity index (χ0) is 12.6. The summed E-state index contributed by atoms with van der Waals surface area (Å²) in [4.78, 5) is 11.5. The standard InChI is InChI=1S/C13H28NO2.ClH/c1-6-8-9-12(7-2)11-16-13(15)10-14(3,4)5;/h12H,6-11H2,1-5H3;1H/q+1;/p-1. The van der Waals surface area contributed by atoms with E-state index in [1.165, 1.54) is 19.3 Å². The first-order chi connectivity index (χ1) is 7.39. The second-order valence-electron chi connectivity index (χ2n) is 5.55. The van der Waals surface area contributed by atoms with Gasteiger partial charge in [0, 0.05) is 0 Å². The molecular weight excluding hydrogens is 238 g/mol. The highest BCUT2D eigenvalue weighted by Gasteiger charge is 2.17. The van der Waals surface area contributed by atoms with Gasteiger partial charge in [-0.05, 0) is 12.3 Å². The van der Waals surface area contributed by atoms with Gasteiger partial charge in [0.15, 0.2) is 6.54 Å². The number of likely N-dealkylation sites (N-methyl/N-ethyl adjacent to an activating group) is 1. The topological polar surface area (TPSA) is 26.3 Å². The second kappa shape index (κ2) is 9.72. The summed E-state index contributed by atoms with van der Waals surface area (Å²) in [6.07, 6.45) is 4.71. The van der Waals surface area contributed by atoms with E-state index in [0.29, 0.717) is 23.6 Å². The molecule has 17 heavy (non-hydrogen) atoms. The monoisotopic (exact) mass is 265 g/mol. The van der Waals surface area contributed by atoms with E-state index in [2.05, 4.69) is 13.8 Å². The average Bonchev–Trinajstić information content (AvgIpc) is 2.15. The van der Waals surface area contributed by atoms with E-state index >= 15 is 0 Å². The fraction of sp³-hybridized carbons (Fsp3) is 0.923. The summed E-state index contributed by atoms with van der Waals surface area (Å²) in [6.45, 7) is 5.39. The summed E-state index contributed by atoms with van der Waals surface area (Å²) < 4.78 is 5.94. The molecule has 0 aromatic carbocycles. The van der Waals surface area contributed by atoms with Gasteiger partial charge in [-0.2, -0.15) is 0 Å². The van der Waals surface area contributed by atoms with E-state index in [0.717, 1.165) is 6.42 Å². The minimum absolute atomic E-state index is 0. The highest BCUT2D eigenvalue weighted by Crippen LogP contribution is 2.12. The van der Waals surface area contributed by atoms with Crippen molar-refractivity contribution < 1.29 is 26.4 Å². The number of ether oxygens (including phenoxy) is 1. The number of rotatable bonds is 8. The summed E-state index contributed by atoms with van der Waals surface area (Å²) in [5.41, 5.74) is 0. The Kier molecular flexibility index (Phi) is 10.9. The van der Waals surface area contributed by atoms with Crippen LogP contribution in [0.4, 0.5) is 0 Å². The van der Waals surface area contributed by atoms with Crippen molar-refractivity contribution in [3.8, 4) is 0 Å². The van der Waals surface area contributed by atoms with Gasteiger partial charge in [-0.3, -0.25) is 0 Å². The number of hydrogen-bond acceptors (Lipinski definition) is 2. The van der Waals surface area contributed by atoms with Crippen LogP contribution in [0.15, 0.2) is 0 Å². The molecule has 0 saturated heterocycles. The van der Waals surface area contributed by atoms with Crippen LogP contribution < -0.4 is 12.4 Å². The molecule has 1 atom stereocenters.